The molecule has 0 heteroatoms. The van der Waals surface area contributed by atoms with Gasteiger partial charge in [0.25, 0.3) is 0 Å². The quantitative estimate of drug-likeness (QED) is 0.370. The minimum Gasteiger partial charge on any atom is -0.103 e. The van der Waals surface area contributed by atoms with E-state index >= 15 is 0 Å². The Balaban J connectivity index is 0. The zero-order valence-electron chi connectivity index (χ0n) is 16.2. The zero-order valence-corrected chi connectivity index (χ0v) is 16.2. The van der Waals surface area contributed by atoms with Gasteiger partial charge in [-0.15, -0.1) is 6.58 Å². The maximum absolute atomic E-state index is 3.60. The Morgan fingerprint density at radius 3 is 0.875 bits per heavy atom. The van der Waals surface area contributed by atoms with Crippen LogP contribution >= 0.6 is 0 Å². The van der Waals surface area contributed by atoms with Crippen LogP contribution in [0.1, 0.15) is 65.7 Å². The normalized spacial score (nSPS) is 8.29. The smallest absolute Gasteiger partial charge is 0.0354 e. The van der Waals surface area contributed by atoms with E-state index in [4.69, 9.17) is 0 Å². The SMILES string of the molecule is C=CCCCC.CCCCCC.c1ccccc1.c1ccccc1. The van der Waals surface area contributed by atoms with E-state index in [9.17, 15) is 0 Å². The lowest BCUT2D eigenvalue weighted by Crippen LogP contribution is -1.66. The number of hydrogen-bond donors (Lipinski definition) is 0. The van der Waals surface area contributed by atoms with Gasteiger partial charge in [-0.25, -0.2) is 0 Å². The van der Waals surface area contributed by atoms with Gasteiger partial charge in [-0.1, -0.05) is 138 Å². The molecule has 0 aromatic heterocycles. The lowest BCUT2D eigenvalue weighted by molar-refractivity contribution is 0.702. The van der Waals surface area contributed by atoms with Crippen molar-refractivity contribution in [1.29, 1.82) is 0 Å². The largest absolute Gasteiger partial charge is 0.103 e. The first-order chi connectivity index (χ1) is 11.8. The summed E-state index contributed by atoms with van der Waals surface area (Å²) in [6, 6.07) is 24.0. The van der Waals surface area contributed by atoms with E-state index < -0.39 is 0 Å². The Bertz CT molecular complexity index is 302. The monoisotopic (exact) mass is 326 g/mol. The van der Waals surface area contributed by atoms with Gasteiger partial charge < -0.3 is 0 Å². The molecule has 0 spiro atoms. The predicted molar refractivity (Wildman–Crippen MR) is 112 cm³/mol. The fourth-order valence-electron chi connectivity index (χ4n) is 1.62. The summed E-state index contributed by atoms with van der Waals surface area (Å²) in [7, 11) is 0. The highest BCUT2D eigenvalue weighted by Crippen LogP contribution is 1.95. The molecule has 0 saturated carbocycles. The second kappa shape index (κ2) is 26.1. The van der Waals surface area contributed by atoms with Crippen molar-refractivity contribution >= 4 is 0 Å². The van der Waals surface area contributed by atoms with Crippen molar-refractivity contribution in [1.82, 2.24) is 0 Å². The molecule has 0 aliphatic heterocycles. The molecule has 0 heterocycles. The van der Waals surface area contributed by atoms with Crippen LogP contribution in [0.15, 0.2) is 85.5 Å². The van der Waals surface area contributed by atoms with Gasteiger partial charge in [-0.05, 0) is 6.42 Å². The Labute approximate surface area is 151 Å². The highest BCUT2D eigenvalue weighted by Gasteiger charge is 1.75. The summed E-state index contributed by atoms with van der Waals surface area (Å²) in [5.74, 6) is 0. The van der Waals surface area contributed by atoms with Gasteiger partial charge in [0.05, 0.1) is 0 Å². The Kier molecular flexibility index (Phi) is 26.6. The second-order valence-electron chi connectivity index (χ2n) is 5.45. The maximum Gasteiger partial charge on any atom is -0.0354 e. The first-order valence-electron chi connectivity index (χ1n) is 9.44. The van der Waals surface area contributed by atoms with Crippen LogP contribution in [0, 0.1) is 0 Å². The number of hydrogen-bond acceptors (Lipinski definition) is 0. The summed E-state index contributed by atoms with van der Waals surface area (Å²) >= 11 is 0. The van der Waals surface area contributed by atoms with Crippen LogP contribution in [-0.2, 0) is 0 Å². The summed E-state index contributed by atoms with van der Waals surface area (Å²) in [6.45, 7) is 10.2. The van der Waals surface area contributed by atoms with E-state index in [-0.39, 0.29) is 0 Å². The summed E-state index contributed by atoms with van der Waals surface area (Å²) < 4.78 is 0. The second-order valence-corrected chi connectivity index (χ2v) is 5.45. The average molecular weight is 327 g/mol. The average Bonchev–Trinajstić information content (AvgIpc) is 2.69. The topological polar surface area (TPSA) is 0 Å². The predicted octanol–water partition coefficient (Wildman–Crippen LogP) is 8.32. The first kappa shape index (κ1) is 24.4. The van der Waals surface area contributed by atoms with Crippen LogP contribution in [0.2, 0.25) is 0 Å². The van der Waals surface area contributed by atoms with Gasteiger partial charge in [-0.2, -0.15) is 0 Å². The van der Waals surface area contributed by atoms with Gasteiger partial charge in [0.1, 0.15) is 0 Å². The lowest BCUT2D eigenvalue weighted by Gasteiger charge is -1.86. The van der Waals surface area contributed by atoms with Crippen molar-refractivity contribution in [2.24, 2.45) is 0 Å². The Morgan fingerprint density at radius 2 is 0.750 bits per heavy atom. The van der Waals surface area contributed by atoms with Crippen molar-refractivity contribution in [2.45, 2.75) is 65.7 Å². The fourth-order valence-corrected chi connectivity index (χ4v) is 1.62. The minimum absolute atomic E-state index is 1.18. The maximum atomic E-state index is 3.60. The summed E-state index contributed by atoms with van der Waals surface area (Å²) in [5, 5.41) is 0. The number of benzene rings is 2. The molecule has 0 atom stereocenters. The molecule has 0 aliphatic rings. The third kappa shape index (κ3) is 28.4. The van der Waals surface area contributed by atoms with Gasteiger partial charge in [0.2, 0.25) is 0 Å². The van der Waals surface area contributed by atoms with E-state index in [2.05, 4.69) is 27.4 Å². The Morgan fingerprint density at radius 1 is 0.500 bits per heavy atom. The molecule has 0 fully saturated rings. The summed E-state index contributed by atoms with van der Waals surface area (Å²) in [6.07, 6.45) is 11.3. The molecule has 0 nitrogen and oxygen atoms in total. The molecular weight excluding hydrogens is 288 g/mol. The molecule has 0 radical (unpaired) electrons. The Hall–Kier alpha value is -1.82. The molecule has 24 heavy (non-hydrogen) atoms. The van der Waals surface area contributed by atoms with Gasteiger partial charge >= 0.3 is 0 Å². The van der Waals surface area contributed by atoms with Crippen LogP contribution in [-0.4, -0.2) is 0 Å². The highest BCUT2D eigenvalue weighted by atomic mass is 13.8. The summed E-state index contributed by atoms with van der Waals surface area (Å²) in [4.78, 5) is 0. The van der Waals surface area contributed by atoms with Gasteiger partial charge in [-0.3, -0.25) is 0 Å². The molecule has 0 bridgehead atoms. The summed E-state index contributed by atoms with van der Waals surface area (Å²) in [5.41, 5.74) is 0. The van der Waals surface area contributed by atoms with E-state index in [0.29, 0.717) is 0 Å². The third-order valence-electron chi connectivity index (χ3n) is 3.05. The van der Waals surface area contributed by atoms with E-state index in [1.165, 1.54) is 44.9 Å². The number of allylic oxidation sites excluding steroid dienone is 1. The number of unbranched alkanes of at least 4 members (excludes halogenated alkanes) is 5. The van der Waals surface area contributed by atoms with Gasteiger partial charge in [0, 0.05) is 0 Å². The van der Waals surface area contributed by atoms with Crippen molar-refractivity contribution in [3.8, 4) is 0 Å². The molecule has 2 rings (SSSR count). The first-order valence-corrected chi connectivity index (χ1v) is 9.44. The lowest BCUT2D eigenvalue weighted by atomic mass is 10.2. The third-order valence-corrected chi connectivity index (χ3v) is 3.05. The van der Waals surface area contributed by atoms with Crippen LogP contribution < -0.4 is 0 Å². The van der Waals surface area contributed by atoms with E-state index in [1.807, 2.05) is 78.9 Å². The van der Waals surface area contributed by atoms with Crippen LogP contribution in [0.25, 0.3) is 0 Å². The molecule has 134 valence electrons. The van der Waals surface area contributed by atoms with Crippen molar-refractivity contribution < 1.29 is 0 Å². The standard InChI is InChI=1S/2C6H6.C6H14.C6H12/c2*1-2-4-6-5-3-1;2*1-3-5-6-4-2/h2*1-6H;3-6H2,1-2H3;3H,1,4-6H2,2H3. The molecule has 0 saturated heterocycles. The molecule has 0 N–H and O–H groups in total. The minimum atomic E-state index is 1.18. The van der Waals surface area contributed by atoms with Gasteiger partial charge in [0.15, 0.2) is 0 Å². The molecule has 2 aromatic rings. The zero-order chi connectivity index (χ0) is 18.1. The van der Waals surface area contributed by atoms with Crippen LogP contribution in [0.5, 0.6) is 0 Å². The van der Waals surface area contributed by atoms with Crippen molar-refractivity contribution in [3.05, 3.63) is 85.5 Å². The fraction of sp³-hybridized carbons (Fsp3) is 0.417. The number of rotatable bonds is 6. The van der Waals surface area contributed by atoms with Crippen LogP contribution in [0.4, 0.5) is 0 Å². The molecule has 0 unspecified atom stereocenters. The van der Waals surface area contributed by atoms with E-state index in [1.54, 1.807) is 0 Å². The molecule has 0 amide bonds. The van der Waals surface area contributed by atoms with Crippen molar-refractivity contribution in [3.63, 3.8) is 0 Å². The van der Waals surface area contributed by atoms with Crippen LogP contribution in [0.3, 0.4) is 0 Å². The van der Waals surface area contributed by atoms with Crippen molar-refractivity contribution in [2.75, 3.05) is 0 Å². The molecule has 0 aliphatic carbocycles. The molecule has 2 aromatic carbocycles. The van der Waals surface area contributed by atoms with E-state index in [0.717, 1.165) is 0 Å². The highest BCUT2D eigenvalue weighted by molar-refractivity contribution is 4.99. The molecular formula is C24H38.